The molecule has 42 heavy (non-hydrogen) atoms. The first-order valence-electron chi connectivity index (χ1n) is 14.1. The summed E-state index contributed by atoms with van der Waals surface area (Å²) in [7, 11) is 0. The van der Waals surface area contributed by atoms with Crippen LogP contribution < -0.4 is 5.01 Å². The van der Waals surface area contributed by atoms with Crippen LogP contribution >= 0.6 is 34.8 Å². The number of halogens is 3. The molecule has 4 aromatic carbocycles. The Hall–Kier alpha value is -3.41. The van der Waals surface area contributed by atoms with Gasteiger partial charge in [0.2, 0.25) is 0 Å². The monoisotopic (exact) mass is 611 g/mol. The van der Waals surface area contributed by atoms with Gasteiger partial charge >= 0.3 is 0 Å². The minimum Gasteiger partial charge on any atom is -0.287 e. The Labute approximate surface area is 260 Å². The molecule has 0 aliphatic carbocycles. The van der Waals surface area contributed by atoms with E-state index in [4.69, 9.17) is 39.9 Å². The minimum absolute atomic E-state index is 0.0624. The number of carbonyl (C=O) groups is 1. The molecule has 7 heteroatoms. The lowest BCUT2D eigenvalue weighted by atomic mass is 9.63. The largest absolute Gasteiger partial charge is 0.287 e. The summed E-state index contributed by atoms with van der Waals surface area (Å²) in [5, 5.41) is 8.54. The average molecular weight is 613 g/mol. The standard InChI is InChI=1S/C35H28Cl3N3O/c1-22-35(34(42)41(39-22)25-12-3-2-4-13-25)31(26-14-6-9-17-29(26)37)32(27-15-7-10-18-30(27)38)40-20-19-24(33(35)40)21-23-11-5-8-16-28(23)36/h2-18,21,31-33H,19-20H2,1H3/b24-21+. The van der Waals surface area contributed by atoms with Gasteiger partial charge in [-0.3, -0.25) is 9.69 Å². The van der Waals surface area contributed by atoms with Crippen molar-refractivity contribution in [2.24, 2.45) is 10.5 Å². The Balaban J connectivity index is 1.52. The first-order chi connectivity index (χ1) is 20.4. The molecule has 0 aromatic heterocycles. The second kappa shape index (κ2) is 10.7. The van der Waals surface area contributed by atoms with E-state index in [-0.39, 0.29) is 23.9 Å². The maximum atomic E-state index is 15.2. The number of hydrogen-bond acceptors (Lipinski definition) is 3. The van der Waals surface area contributed by atoms with Crippen LogP contribution in [0.15, 0.2) is 114 Å². The van der Waals surface area contributed by atoms with Crippen molar-refractivity contribution < 1.29 is 4.79 Å². The Morgan fingerprint density at radius 2 is 1.38 bits per heavy atom. The highest BCUT2D eigenvalue weighted by atomic mass is 35.5. The van der Waals surface area contributed by atoms with E-state index in [2.05, 4.69) is 17.0 Å². The highest BCUT2D eigenvalue weighted by molar-refractivity contribution is 6.33. The van der Waals surface area contributed by atoms with E-state index in [1.165, 1.54) is 0 Å². The molecular weight excluding hydrogens is 585 g/mol. The number of nitrogens with zero attached hydrogens (tertiary/aromatic N) is 3. The number of anilines is 1. The Kier molecular flexibility index (Phi) is 6.99. The molecule has 210 valence electrons. The molecule has 4 nitrogen and oxygen atoms in total. The van der Waals surface area contributed by atoms with Crippen LogP contribution in [0.1, 0.15) is 42.0 Å². The van der Waals surface area contributed by atoms with Crippen LogP contribution in [0.4, 0.5) is 5.69 Å². The zero-order valence-electron chi connectivity index (χ0n) is 22.9. The van der Waals surface area contributed by atoms with Gasteiger partial charge in [-0.15, -0.1) is 0 Å². The van der Waals surface area contributed by atoms with Crippen LogP contribution in [-0.4, -0.2) is 29.1 Å². The number of amides is 1. The first-order valence-corrected chi connectivity index (χ1v) is 15.2. The SMILES string of the molecule is CC1=NN(c2ccccc2)C(=O)C12C(c1ccccc1Cl)C(c1ccccc1Cl)N1CC/C(=C\c3ccccc3Cl)C12. The molecule has 0 radical (unpaired) electrons. The summed E-state index contributed by atoms with van der Waals surface area (Å²) in [5.41, 5.74) is 4.43. The second-order valence-corrected chi connectivity index (χ2v) is 12.3. The molecule has 1 spiro atoms. The average Bonchev–Trinajstić information content (AvgIpc) is 3.62. The maximum absolute atomic E-state index is 15.2. The molecule has 0 N–H and O–H groups in total. The van der Waals surface area contributed by atoms with E-state index in [1.54, 1.807) is 5.01 Å². The molecule has 0 saturated carbocycles. The van der Waals surface area contributed by atoms with Crippen LogP contribution in [0.3, 0.4) is 0 Å². The summed E-state index contributed by atoms with van der Waals surface area (Å²) in [4.78, 5) is 17.6. The summed E-state index contributed by atoms with van der Waals surface area (Å²) in [6, 6.07) is 32.8. The fourth-order valence-electron chi connectivity index (χ4n) is 7.39. The van der Waals surface area contributed by atoms with Crippen molar-refractivity contribution in [3.63, 3.8) is 0 Å². The molecule has 0 bridgehead atoms. The van der Waals surface area contributed by atoms with Crippen molar-refractivity contribution in [1.82, 2.24) is 4.90 Å². The van der Waals surface area contributed by atoms with Gasteiger partial charge in [0.15, 0.2) is 0 Å². The Morgan fingerprint density at radius 1 is 0.786 bits per heavy atom. The molecule has 2 fully saturated rings. The fraction of sp³-hybridized carbons (Fsp3) is 0.200. The van der Waals surface area contributed by atoms with Crippen molar-refractivity contribution in [1.29, 1.82) is 0 Å². The van der Waals surface area contributed by atoms with Gasteiger partial charge in [0.1, 0.15) is 5.41 Å². The van der Waals surface area contributed by atoms with Gasteiger partial charge in [0.25, 0.3) is 5.91 Å². The van der Waals surface area contributed by atoms with Gasteiger partial charge in [-0.25, -0.2) is 0 Å². The van der Waals surface area contributed by atoms with Gasteiger partial charge in [0.05, 0.1) is 17.4 Å². The molecule has 4 aromatic rings. The van der Waals surface area contributed by atoms with E-state index in [0.29, 0.717) is 15.1 Å². The highest BCUT2D eigenvalue weighted by Crippen LogP contribution is 2.65. The van der Waals surface area contributed by atoms with Crippen LogP contribution in [0, 0.1) is 5.41 Å². The van der Waals surface area contributed by atoms with Gasteiger partial charge in [-0.2, -0.15) is 10.1 Å². The van der Waals surface area contributed by atoms with Gasteiger partial charge in [-0.1, -0.05) is 114 Å². The molecule has 4 atom stereocenters. The van der Waals surface area contributed by atoms with Crippen molar-refractivity contribution in [2.45, 2.75) is 31.3 Å². The van der Waals surface area contributed by atoms with Gasteiger partial charge in [0, 0.05) is 33.6 Å². The lowest BCUT2D eigenvalue weighted by Gasteiger charge is -2.36. The zero-order chi connectivity index (χ0) is 29.0. The molecular formula is C35H28Cl3N3O. The summed E-state index contributed by atoms with van der Waals surface area (Å²) in [5.74, 6) is -0.413. The number of carbonyl (C=O) groups excluding carboxylic acids is 1. The number of hydrazone groups is 1. The summed E-state index contributed by atoms with van der Waals surface area (Å²) < 4.78 is 0. The maximum Gasteiger partial charge on any atom is 0.262 e. The van der Waals surface area contributed by atoms with E-state index in [0.717, 1.165) is 46.6 Å². The van der Waals surface area contributed by atoms with Crippen molar-refractivity contribution in [3.8, 4) is 0 Å². The van der Waals surface area contributed by atoms with Gasteiger partial charge < -0.3 is 0 Å². The lowest BCUT2D eigenvalue weighted by Crippen LogP contribution is -2.50. The molecule has 4 unspecified atom stereocenters. The molecule has 2 saturated heterocycles. The summed E-state index contributed by atoms with van der Waals surface area (Å²) >= 11 is 20.6. The smallest absolute Gasteiger partial charge is 0.262 e. The van der Waals surface area contributed by atoms with Crippen molar-refractivity contribution >= 4 is 58.2 Å². The number of para-hydroxylation sites is 1. The van der Waals surface area contributed by atoms with Gasteiger partial charge in [-0.05, 0) is 65.9 Å². The third kappa shape index (κ3) is 4.08. The summed E-state index contributed by atoms with van der Waals surface area (Å²) in [6.45, 7) is 2.74. The third-order valence-electron chi connectivity index (χ3n) is 9.04. The molecule has 3 aliphatic heterocycles. The Morgan fingerprint density at radius 3 is 2.05 bits per heavy atom. The normalized spacial score (nSPS) is 26.3. The number of hydrogen-bond donors (Lipinski definition) is 0. The molecule has 3 aliphatic rings. The summed E-state index contributed by atoms with van der Waals surface area (Å²) in [6.07, 6.45) is 2.96. The number of fused-ring (bicyclic) bond motifs is 2. The van der Waals surface area contributed by atoms with Crippen molar-refractivity contribution in [3.05, 3.63) is 140 Å². The van der Waals surface area contributed by atoms with Crippen LogP contribution in [-0.2, 0) is 4.79 Å². The zero-order valence-corrected chi connectivity index (χ0v) is 25.2. The first kappa shape index (κ1) is 27.4. The second-order valence-electron chi connectivity index (χ2n) is 11.1. The number of rotatable bonds is 4. The van der Waals surface area contributed by atoms with E-state index in [1.807, 2.05) is 104 Å². The van der Waals surface area contributed by atoms with Crippen LogP contribution in [0.25, 0.3) is 6.08 Å². The fourth-order valence-corrected chi connectivity index (χ4v) is 8.08. The predicted octanol–water partition coefficient (Wildman–Crippen LogP) is 9.05. The van der Waals surface area contributed by atoms with E-state index in [9.17, 15) is 0 Å². The number of benzene rings is 4. The quantitative estimate of drug-likeness (QED) is 0.231. The van der Waals surface area contributed by atoms with E-state index < -0.39 is 5.41 Å². The third-order valence-corrected chi connectivity index (χ3v) is 10.1. The molecule has 3 heterocycles. The predicted molar refractivity (Wildman–Crippen MR) is 172 cm³/mol. The van der Waals surface area contributed by atoms with Crippen molar-refractivity contribution in [2.75, 3.05) is 11.6 Å². The minimum atomic E-state index is -1.03. The highest BCUT2D eigenvalue weighted by Gasteiger charge is 2.71. The molecule has 7 rings (SSSR count). The topological polar surface area (TPSA) is 35.9 Å². The molecule has 1 amide bonds. The van der Waals surface area contributed by atoms with Crippen LogP contribution in [0.2, 0.25) is 15.1 Å². The Bertz CT molecular complexity index is 1750. The van der Waals surface area contributed by atoms with E-state index >= 15 is 4.79 Å². The lowest BCUT2D eigenvalue weighted by molar-refractivity contribution is -0.124. The van der Waals surface area contributed by atoms with Crippen LogP contribution in [0.5, 0.6) is 0 Å².